The van der Waals surface area contributed by atoms with Crippen LogP contribution in [0.3, 0.4) is 0 Å². The summed E-state index contributed by atoms with van der Waals surface area (Å²) in [6.07, 6.45) is 2.98. The zero-order valence-electron chi connectivity index (χ0n) is 17.9. The lowest BCUT2D eigenvalue weighted by atomic mass is 9.78. The van der Waals surface area contributed by atoms with E-state index in [4.69, 9.17) is 4.98 Å². The number of aromatic nitrogens is 1. The molecular formula is C26H29N3O. The second-order valence-corrected chi connectivity index (χ2v) is 9.09. The molecule has 154 valence electrons. The van der Waals surface area contributed by atoms with Crippen LogP contribution >= 0.6 is 0 Å². The second-order valence-electron chi connectivity index (χ2n) is 9.09. The summed E-state index contributed by atoms with van der Waals surface area (Å²) >= 11 is 0. The lowest BCUT2D eigenvalue weighted by molar-refractivity contribution is -0.145. The van der Waals surface area contributed by atoms with E-state index in [0.717, 1.165) is 56.8 Å². The number of aryl methyl sites for hydroxylation is 2. The van der Waals surface area contributed by atoms with Gasteiger partial charge in [-0.2, -0.15) is 0 Å². The molecular weight excluding hydrogens is 370 g/mol. The number of pyridine rings is 1. The molecule has 3 heterocycles. The fourth-order valence-electron chi connectivity index (χ4n) is 5.27. The SMILES string of the molecule is Cc1cccc(CN2CCC[C@]3(CCN(c4cc(C)c5ccccc5n4)C3)C2=O)c1. The Bertz CT molecular complexity index is 1110. The zero-order valence-corrected chi connectivity index (χ0v) is 17.9. The average Bonchev–Trinajstić information content (AvgIpc) is 3.17. The van der Waals surface area contributed by atoms with E-state index < -0.39 is 0 Å². The van der Waals surface area contributed by atoms with E-state index in [1.165, 1.54) is 22.1 Å². The van der Waals surface area contributed by atoms with E-state index >= 15 is 0 Å². The van der Waals surface area contributed by atoms with Crippen molar-refractivity contribution in [3.8, 4) is 0 Å². The maximum absolute atomic E-state index is 13.6. The van der Waals surface area contributed by atoms with Crippen molar-refractivity contribution in [2.75, 3.05) is 24.5 Å². The predicted octanol–water partition coefficient (Wildman–Crippen LogP) is 4.87. The Hall–Kier alpha value is -2.88. The van der Waals surface area contributed by atoms with Crippen LogP contribution in [-0.2, 0) is 11.3 Å². The molecule has 30 heavy (non-hydrogen) atoms. The van der Waals surface area contributed by atoms with E-state index in [-0.39, 0.29) is 5.41 Å². The van der Waals surface area contributed by atoms with Gasteiger partial charge >= 0.3 is 0 Å². The highest BCUT2D eigenvalue weighted by Gasteiger charge is 2.48. The first-order chi connectivity index (χ1) is 14.5. The van der Waals surface area contributed by atoms with Crippen LogP contribution in [0.25, 0.3) is 10.9 Å². The standard InChI is InChI=1S/C26H29N3O/c1-19-7-5-8-21(15-19)17-28-13-6-11-26(25(28)30)12-14-29(18-26)24-16-20(2)22-9-3-4-10-23(22)27-24/h3-5,7-10,15-16H,6,11-14,17-18H2,1-2H3/t26-/m1/s1. The second kappa shape index (κ2) is 7.42. The van der Waals surface area contributed by atoms with E-state index in [2.05, 4.69) is 72.2 Å². The van der Waals surface area contributed by atoms with Crippen molar-refractivity contribution in [1.29, 1.82) is 0 Å². The maximum atomic E-state index is 13.6. The average molecular weight is 400 g/mol. The van der Waals surface area contributed by atoms with Crippen molar-refractivity contribution in [1.82, 2.24) is 9.88 Å². The molecule has 0 aliphatic carbocycles. The molecule has 2 aromatic carbocycles. The van der Waals surface area contributed by atoms with Crippen molar-refractivity contribution in [3.63, 3.8) is 0 Å². The molecule has 0 bridgehead atoms. The lowest BCUT2D eigenvalue weighted by Crippen LogP contribution is -2.49. The summed E-state index contributed by atoms with van der Waals surface area (Å²) in [5, 5.41) is 1.20. The lowest BCUT2D eigenvalue weighted by Gasteiger charge is -2.39. The minimum atomic E-state index is -0.261. The summed E-state index contributed by atoms with van der Waals surface area (Å²) in [5.41, 5.74) is 4.49. The van der Waals surface area contributed by atoms with Crippen molar-refractivity contribution in [2.24, 2.45) is 5.41 Å². The summed E-state index contributed by atoms with van der Waals surface area (Å²) in [5.74, 6) is 1.34. The van der Waals surface area contributed by atoms with Gasteiger partial charge in [0.25, 0.3) is 0 Å². The van der Waals surface area contributed by atoms with Crippen molar-refractivity contribution in [3.05, 3.63) is 71.3 Å². The van der Waals surface area contributed by atoms with Crippen molar-refractivity contribution >= 4 is 22.6 Å². The number of piperidine rings is 1. The van der Waals surface area contributed by atoms with E-state index in [1.807, 2.05) is 6.07 Å². The number of likely N-dealkylation sites (tertiary alicyclic amines) is 1. The van der Waals surface area contributed by atoms with Gasteiger partial charge in [0, 0.05) is 31.6 Å². The fraction of sp³-hybridized carbons (Fsp3) is 0.385. The number of para-hydroxylation sites is 1. The number of hydrogen-bond acceptors (Lipinski definition) is 3. The Labute approximate surface area is 178 Å². The normalized spacial score (nSPS) is 21.7. The zero-order chi connectivity index (χ0) is 20.7. The molecule has 0 radical (unpaired) electrons. The molecule has 2 fully saturated rings. The topological polar surface area (TPSA) is 36.4 Å². The first kappa shape index (κ1) is 19.1. The number of fused-ring (bicyclic) bond motifs is 1. The Morgan fingerprint density at radius 3 is 2.73 bits per heavy atom. The van der Waals surface area contributed by atoms with Crippen LogP contribution in [0.1, 0.15) is 36.0 Å². The van der Waals surface area contributed by atoms with Gasteiger partial charge in [0.2, 0.25) is 5.91 Å². The highest BCUT2D eigenvalue weighted by atomic mass is 16.2. The number of rotatable bonds is 3. The van der Waals surface area contributed by atoms with Gasteiger partial charge in [-0.15, -0.1) is 0 Å². The fourth-order valence-corrected chi connectivity index (χ4v) is 5.27. The predicted molar refractivity (Wildman–Crippen MR) is 122 cm³/mol. The molecule has 2 aliphatic rings. The van der Waals surface area contributed by atoms with E-state index in [9.17, 15) is 4.79 Å². The quantitative estimate of drug-likeness (QED) is 0.630. The summed E-state index contributed by atoms with van der Waals surface area (Å²) in [7, 11) is 0. The largest absolute Gasteiger partial charge is 0.355 e. The number of hydrogen-bond donors (Lipinski definition) is 0. The smallest absolute Gasteiger partial charge is 0.230 e. The number of carbonyl (C=O) groups is 1. The summed E-state index contributed by atoms with van der Waals surface area (Å²) in [4.78, 5) is 22.9. The van der Waals surface area contributed by atoms with Gasteiger partial charge in [-0.05, 0) is 56.4 Å². The first-order valence-corrected chi connectivity index (χ1v) is 11.0. The highest BCUT2D eigenvalue weighted by Crippen LogP contribution is 2.42. The van der Waals surface area contributed by atoms with Crippen LogP contribution in [0.2, 0.25) is 0 Å². The molecule has 0 unspecified atom stereocenters. The summed E-state index contributed by atoms with van der Waals surface area (Å²) in [6.45, 7) is 7.51. The Balaban J connectivity index is 1.37. The van der Waals surface area contributed by atoms with Crippen molar-refractivity contribution in [2.45, 2.75) is 39.7 Å². The number of anilines is 1. The third-order valence-corrected chi connectivity index (χ3v) is 6.87. The van der Waals surface area contributed by atoms with Crippen LogP contribution in [-0.4, -0.2) is 35.4 Å². The molecule has 4 heteroatoms. The third-order valence-electron chi connectivity index (χ3n) is 6.87. The van der Waals surface area contributed by atoms with Crippen LogP contribution < -0.4 is 4.90 Å². The monoisotopic (exact) mass is 399 g/mol. The summed E-state index contributed by atoms with van der Waals surface area (Å²) < 4.78 is 0. The van der Waals surface area contributed by atoms with Gasteiger partial charge < -0.3 is 9.80 Å². The molecule has 4 nitrogen and oxygen atoms in total. The summed E-state index contributed by atoms with van der Waals surface area (Å²) in [6, 6.07) is 19.0. The number of nitrogens with zero attached hydrogens (tertiary/aromatic N) is 3. The molecule has 0 N–H and O–H groups in total. The molecule has 2 saturated heterocycles. The van der Waals surface area contributed by atoms with Gasteiger partial charge in [0.1, 0.15) is 5.82 Å². The van der Waals surface area contributed by atoms with E-state index in [0.29, 0.717) is 5.91 Å². The van der Waals surface area contributed by atoms with E-state index in [1.54, 1.807) is 0 Å². The third kappa shape index (κ3) is 3.34. The highest BCUT2D eigenvalue weighted by molar-refractivity contribution is 5.86. The van der Waals surface area contributed by atoms with Crippen LogP contribution in [0.5, 0.6) is 0 Å². The van der Waals surface area contributed by atoms with Gasteiger partial charge in [-0.3, -0.25) is 4.79 Å². The maximum Gasteiger partial charge on any atom is 0.230 e. The molecule has 1 atom stereocenters. The van der Waals surface area contributed by atoms with Crippen LogP contribution in [0.15, 0.2) is 54.6 Å². The minimum absolute atomic E-state index is 0.261. The minimum Gasteiger partial charge on any atom is -0.355 e. The van der Waals surface area contributed by atoms with Gasteiger partial charge in [-0.1, -0.05) is 48.0 Å². The molecule has 1 aromatic heterocycles. The first-order valence-electron chi connectivity index (χ1n) is 11.0. The molecule has 3 aromatic rings. The number of carbonyl (C=O) groups excluding carboxylic acids is 1. The van der Waals surface area contributed by atoms with Gasteiger partial charge in [0.05, 0.1) is 10.9 Å². The Morgan fingerprint density at radius 2 is 1.87 bits per heavy atom. The Kier molecular flexibility index (Phi) is 4.73. The van der Waals surface area contributed by atoms with Crippen LogP contribution in [0, 0.1) is 19.3 Å². The molecule has 2 aliphatic heterocycles. The van der Waals surface area contributed by atoms with Crippen LogP contribution in [0.4, 0.5) is 5.82 Å². The van der Waals surface area contributed by atoms with Crippen molar-refractivity contribution < 1.29 is 4.79 Å². The molecule has 1 amide bonds. The number of benzene rings is 2. The number of amides is 1. The molecule has 1 spiro atoms. The molecule has 5 rings (SSSR count). The Morgan fingerprint density at radius 1 is 1.00 bits per heavy atom. The van der Waals surface area contributed by atoms with Gasteiger partial charge in [-0.25, -0.2) is 4.98 Å². The van der Waals surface area contributed by atoms with Gasteiger partial charge in [0.15, 0.2) is 0 Å². The molecule has 0 saturated carbocycles.